The molecule has 0 unspecified atom stereocenters. The normalized spacial score (nSPS) is 11.1. The van der Waals surface area contributed by atoms with E-state index in [4.69, 9.17) is 14.2 Å². The molecule has 0 aliphatic heterocycles. The molecule has 0 heterocycles. The second kappa shape index (κ2) is 8.43. The van der Waals surface area contributed by atoms with Crippen LogP contribution in [0, 0.1) is 0 Å². The van der Waals surface area contributed by atoms with E-state index in [0.717, 1.165) is 11.3 Å². The van der Waals surface area contributed by atoms with Gasteiger partial charge < -0.3 is 19.1 Å². The van der Waals surface area contributed by atoms with Gasteiger partial charge in [0.15, 0.2) is 17.3 Å². The lowest BCUT2D eigenvalue weighted by Crippen LogP contribution is -2.08. The van der Waals surface area contributed by atoms with Crippen LogP contribution < -0.4 is 19.1 Å². The zero-order valence-electron chi connectivity index (χ0n) is 16.1. The minimum atomic E-state index is -0.125. The summed E-state index contributed by atoms with van der Waals surface area (Å²) in [6.07, 6.45) is 1.86. The number of benzene rings is 2. The largest absolute Gasteiger partial charge is 0.493 e. The highest BCUT2D eigenvalue weighted by Crippen LogP contribution is 2.40. The fraction of sp³-hybridized carbons (Fsp3) is 0.286. The van der Waals surface area contributed by atoms with Crippen molar-refractivity contribution < 1.29 is 19.0 Å². The molecule has 0 spiro atoms. The molecular weight excluding hydrogens is 330 g/mol. The highest BCUT2D eigenvalue weighted by Gasteiger charge is 2.21. The van der Waals surface area contributed by atoms with Crippen molar-refractivity contribution in [1.29, 1.82) is 0 Å². The first-order valence-electron chi connectivity index (χ1n) is 8.22. The van der Waals surface area contributed by atoms with Crippen molar-refractivity contribution >= 4 is 17.5 Å². The van der Waals surface area contributed by atoms with Gasteiger partial charge >= 0.3 is 0 Å². The van der Waals surface area contributed by atoms with Crippen LogP contribution in [0.4, 0.5) is 5.69 Å². The van der Waals surface area contributed by atoms with Gasteiger partial charge in [0.1, 0.15) is 0 Å². The second-order valence-electron chi connectivity index (χ2n) is 6.02. The van der Waals surface area contributed by atoms with E-state index in [0.29, 0.717) is 28.4 Å². The number of allylic oxidation sites excluding steroid dienone is 1. The Kier molecular flexibility index (Phi) is 6.28. The fourth-order valence-electron chi connectivity index (χ4n) is 2.68. The summed E-state index contributed by atoms with van der Waals surface area (Å²) in [7, 11) is 8.55. The Morgan fingerprint density at radius 1 is 0.885 bits per heavy atom. The Morgan fingerprint density at radius 3 is 2.00 bits per heavy atom. The quantitative estimate of drug-likeness (QED) is 0.554. The summed E-state index contributed by atoms with van der Waals surface area (Å²) in [5.41, 5.74) is 3.10. The number of rotatable bonds is 7. The van der Waals surface area contributed by atoms with Crippen LogP contribution in [-0.4, -0.2) is 41.2 Å². The van der Waals surface area contributed by atoms with Gasteiger partial charge in [-0.15, -0.1) is 0 Å². The molecule has 0 N–H and O–H groups in total. The summed E-state index contributed by atoms with van der Waals surface area (Å²) < 4.78 is 16.0. The Morgan fingerprint density at radius 2 is 1.50 bits per heavy atom. The predicted molar refractivity (Wildman–Crippen MR) is 105 cm³/mol. The van der Waals surface area contributed by atoms with E-state index in [1.807, 2.05) is 49.3 Å². The SMILES string of the molecule is COc1ccc(C(=O)C(C)=Cc2ccc(N(C)C)cc2)c(OC)c1OC. The van der Waals surface area contributed by atoms with Crippen LogP contribution in [0.15, 0.2) is 42.0 Å². The van der Waals surface area contributed by atoms with Gasteiger partial charge in [-0.05, 0) is 48.4 Å². The Balaban J connectivity index is 2.38. The lowest BCUT2D eigenvalue weighted by molar-refractivity contribution is 0.103. The molecular formula is C21H25NO4. The lowest BCUT2D eigenvalue weighted by atomic mass is 10.0. The fourth-order valence-corrected chi connectivity index (χ4v) is 2.68. The smallest absolute Gasteiger partial charge is 0.204 e. The highest BCUT2D eigenvalue weighted by molar-refractivity contribution is 6.13. The van der Waals surface area contributed by atoms with E-state index in [1.165, 1.54) is 14.2 Å². The number of carbonyl (C=O) groups excluding carboxylic acids is 1. The standard InChI is InChI=1S/C21H25NO4/c1-14(13-15-7-9-16(10-8-15)22(2)3)19(23)17-11-12-18(24-4)21(26-6)20(17)25-5/h7-13H,1-6H3. The molecule has 5 heteroatoms. The van der Waals surface area contributed by atoms with Gasteiger partial charge in [0.25, 0.3) is 0 Å². The van der Waals surface area contributed by atoms with Crippen LogP contribution in [0.2, 0.25) is 0 Å². The molecule has 0 saturated carbocycles. The first kappa shape index (κ1) is 19.4. The van der Waals surface area contributed by atoms with Crippen LogP contribution >= 0.6 is 0 Å². The number of hydrogen-bond acceptors (Lipinski definition) is 5. The molecule has 0 fully saturated rings. The van der Waals surface area contributed by atoms with Crippen LogP contribution in [0.3, 0.4) is 0 Å². The van der Waals surface area contributed by atoms with Gasteiger partial charge in [0.2, 0.25) is 5.75 Å². The van der Waals surface area contributed by atoms with E-state index in [9.17, 15) is 4.79 Å². The van der Waals surface area contributed by atoms with Crippen LogP contribution in [0.25, 0.3) is 6.08 Å². The highest BCUT2D eigenvalue weighted by atomic mass is 16.5. The minimum Gasteiger partial charge on any atom is -0.493 e. The molecule has 0 atom stereocenters. The van der Waals surface area contributed by atoms with Crippen molar-refractivity contribution in [2.45, 2.75) is 6.92 Å². The van der Waals surface area contributed by atoms with E-state index in [-0.39, 0.29) is 5.78 Å². The average molecular weight is 355 g/mol. The molecule has 2 aromatic carbocycles. The molecule has 138 valence electrons. The van der Waals surface area contributed by atoms with Gasteiger partial charge in [0.05, 0.1) is 26.9 Å². The molecule has 2 rings (SSSR count). The van der Waals surface area contributed by atoms with Gasteiger partial charge in [-0.2, -0.15) is 0 Å². The maximum atomic E-state index is 12.9. The van der Waals surface area contributed by atoms with Crippen molar-refractivity contribution in [1.82, 2.24) is 0 Å². The van der Waals surface area contributed by atoms with E-state index >= 15 is 0 Å². The predicted octanol–water partition coefficient (Wildman–Crippen LogP) is 4.06. The van der Waals surface area contributed by atoms with Crippen molar-refractivity contribution in [2.75, 3.05) is 40.3 Å². The third kappa shape index (κ3) is 3.99. The molecule has 0 aliphatic rings. The Labute approximate surface area is 154 Å². The van der Waals surface area contributed by atoms with Crippen molar-refractivity contribution in [2.24, 2.45) is 0 Å². The maximum absolute atomic E-state index is 12.9. The molecule has 0 amide bonds. The number of methoxy groups -OCH3 is 3. The maximum Gasteiger partial charge on any atom is 0.204 e. The minimum absolute atomic E-state index is 0.125. The van der Waals surface area contributed by atoms with Crippen LogP contribution in [0.1, 0.15) is 22.8 Å². The average Bonchev–Trinajstić information content (AvgIpc) is 2.66. The van der Waals surface area contributed by atoms with Crippen LogP contribution in [0.5, 0.6) is 17.2 Å². The number of carbonyl (C=O) groups is 1. The molecule has 5 nitrogen and oxygen atoms in total. The summed E-state index contributed by atoms with van der Waals surface area (Å²) in [4.78, 5) is 14.9. The zero-order chi connectivity index (χ0) is 19.3. The van der Waals surface area contributed by atoms with Crippen molar-refractivity contribution in [3.63, 3.8) is 0 Å². The second-order valence-corrected chi connectivity index (χ2v) is 6.02. The number of nitrogens with zero attached hydrogens (tertiary/aromatic N) is 1. The van der Waals surface area contributed by atoms with Gasteiger partial charge in [-0.3, -0.25) is 4.79 Å². The van der Waals surface area contributed by atoms with Crippen molar-refractivity contribution in [3.8, 4) is 17.2 Å². The summed E-state index contributed by atoms with van der Waals surface area (Å²) in [6, 6.07) is 11.4. The lowest BCUT2D eigenvalue weighted by Gasteiger charge is -2.15. The summed E-state index contributed by atoms with van der Waals surface area (Å²) in [6.45, 7) is 1.79. The summed E-state index contributed by atoms with van der Waals surface area (Å²) in [5, 5.41) is 0. The van der Waals surface area contributed by atoms with Crippen molar-refractivity contribution in [3.05, 3.63) is 53.1 Å². The zero-order valence-corrected chi connectivity index (χ0v) is 16.1. The Bertz CT molecular complexity index is 808. The summed E-state index contributed by atoms with van der Waals surface area (Å²) >= 11 is 0. The molecule has 0 saturated heterocycles. The third-order valence-corrected chi connectivity index (χ3v) is 4.10. The molecule has 0 radical (unpaired) electrons. The third-order valence-electron chi connectivity index (χ3n) is 4.10. The Hall–Kier alpha value is -2.95. The van der Waals surface area contributed by atoms with E-state index < -0.39 is 0 Å². The van der Waals surface area contributed by atoms with Gasteiger partial charge in [0, 0.05) is 19.8 Å². The first-order valence-corrected chi connectivity index (χ1v) is 8.22. The molecule has 0 aliphatic carbocycles. The molecule has 0 bridgehead atoms. The number of ketones is 1. The van der Waals surface area contributed by atoms with Crippen LogP contribution in [-0.2, 0) is 0 Å². The van der Waals surface area contributed by atoms with E-state index in [1.54, 1.807) is 26.2 Å². The molecule has 26 heavy (non-hydrogen) atoms. The number of anilines is 1. The summed E-state index contributed by atoms with van der Waals surface area (Å²) in [5.74, 6) is 1.16. The van der Waals surface area contributed by atoms with Gasteiger partial charge in [-0.25, -0.2) is 0 Å². The first-order chi connectivity index (χ1) is 12.4. The number of Topliss-reactive ketones (excluding diaryl/α,β-unsaturated/α-hetero) is 1. The van der Waals surface area contributed by atoms with E-state index in [2.05, 4.69) is 0 Å². The van der Waals surface area contributed by atoms with Gasteiger partial charge in [-0.1, -0.05) is 12.1 Å². The monoisotopic (exact) mass is 355 g/mol. The number of hydrogen-bond donors (Lipinski definition) is 0. The number of ether oxygens (including phenoxy) is 3. The molecule has 2 aromatic rings. The topological polar surface area (TPSA) is 48.0 Å². The molecule has 0 aromatic heterocycles.